The summed E-state index contributed by atoms with van der Waals surface area (Å²) in [6.07, 6.45) is 3.07. The maximum atomic E-state index is 12.1. The molecule has 0 bridgehead atoms. The first-order valence-corrected chi connectivity index (χ1v) is 7.30. The molecule has 1 rings (SSSR count). The maximum absolute atomic E-state index is 12.1. The Morgan fingerprint density at radius 2 is 2.00 bits per heavy atom. The van der Waals surface area contributed by atoms with Crippen LogP contribution in [0.25, 0.3) is 0 Å². The Bertz CT molecular complexity index is 298. The average molecular weight is 271 g/mol. The summed E-state index contributed by atoms with van der Waals surface area (Å²) in [6.45, 7) is 10.8. The van der Waals surface area contributed by atoms with Gasteiger partial charge in [-0.1, -0.05) is 34.1 Å². The van der Waals surface area contributed by atoms with Gasteiger partial charge >= 0.3 is 0 Å². The molecule has 0 N–H and O–H groups in total. The van der Waals surface area contributed by atoms with Gasteiger partial charge in [0.1, 0.15) is 12.2 Å². The van der Waals surface area contributed by atoms with Crippen molar-refractivity contribution in [2.75, 3.05) is 33.4 Å². The number of amides is 1. The minimum Gasteiger partial charge on any atom is -0.375 e. The van der Waals surface area contributed by atoms with Crippen molar-refractivity contribution >= 4 is 5.91 Å². The van der Waals surface area contributed by atoms with E-state index < -0.39 is 0 Å². The van der Waals surface area contributed by atoms with E-state index in [1.165, 1.54) is 0 Å². The van der Waals surface area contributed by atoms with E-state index in [1.807, 2.05) is 7.05 Å². The molecule has 0 aromatic rings. The predicted molar refractivity (Wildman–Crippen MR) is 76.1 cm³/mol. The molecule has 0 radical (unpaired) electrons. The number of carbonyl (C=O) groups excluding carboxylic acids is 1. The van der Waals surface area contributed by atoms with Crippen molar-refractivity contribution in [2.45, 2.75) is 52.6 Å². The van der Waals surface area contributed by atoms with Gasteiger partial charge in [0.25, 0.3) is 0 Å². The van der Waals surface area contributed by atoms with Gasteiger partial charge < -0.3 is 14.4 Å². The normalized spacial score (nSPS) is 17.9. The molecule has 4 nitrogen and oxygen atoms in total. The zero-order valence-electron chi connectivity index (χ0n) is 13.1. The standard InChI is InChI=1S/C15H29NO3/c1-6-8-15(11-18-12-15)19-9-13(17)16(5)10-14(3,4)7-2/h6-12H2,1-5H3. The van der Waals surface area contributed by atoms with Crippen LogP contribution in [-0.4, -0.2) is 49.8 Å². The third kappa shape index (κ3) is 4.77. The van der Waals surface area contributed by atoms with Gasteiger partial charge in [0.15, 0.2) is 0 Å². The molecule has 0 aliphatic carbocycles. The molecule has 1 amide bonds. The van der Waals surface area contributed by atoms with Gasteiger partial charge in [0.2, 0.25) is 5.91 Å². The summed E-state index contributed by atoms with van der Waals surface area (Å²) < 4.78 is 11.1. The van der Waals surface area contributed by atoms with Crippen LogP contribution in [0, 0.1) is 5.41 Å². The van der Waals surface area contributed by atoms with E-state index in [4.69, 9.17) is 9.47 Å². The Kier molecular flexibility index (Phi) is 5.81. The third-order valence-corrected chi connectivity index (χ3v) is 3.99. The van der Waals surface area contributed by atoms with Gasteiger partial charge in [-0.2, -0.15) is 0 Å². The van der Waals surface area contributed by atoms with Gasteiger partial charge in [0, 0.05) is 13.6 Å². The lowest BCUT2D eigenvalue weighted by Gasteiger charge is -2.41. The van der Waals surface area contributed by atoms with Crippen molar-refractivity contribution in [1.82, 2.24) is 4.90 Å². The highest BCUT2D eigenvalue weighted by Gasteiger charge is 2.39. The maximum Gasteiger partial charge on any atom is 0.248 e. The van der Waals surface area contributed by atoms with E-state index in [0.29, 0.717) is 13.2 Å². The lowest BCUT2D eigenvalue weighted by molar-refractivity contribution is -0.214. The summed E-state index contributed by atoms with van der Waals surface area (Å²) in [5, 5.41) is 0. The van der Waals surface area contributed by atoms with Gasteiger partial charge in [-0.05, 0) is 18.3 Å². The Hall–Kier alpha value is -0.610. The Labute approximate surface area is 117 Å². The van der Waals surface area contributed by atoms with Gasteiger partial charge in [-0.15, -0.1) is 0 Å². The molecule has 1 aliphatic rings. The number of nitrogens with zero attached hydrogens (tertiary/aromatic N) is 1. The second-order valence-electron chi connectivity index (χ2n) is 6.48. The molecule has 19 heavy (non-hydrogen) atoms. The fraction of sp³-hybridized carbons (Fsp3) is 0.933. The van der Waals surface area contributed by atoms with Crippen LogP contribution in [0.15, 0.2) is 0 Å². The van der Waals surface area contributed by atoms with E-state index in [9.17, 15) is 4.79 Å². The predicted octanol–water partition coefficient (Wildman–Crippen LogP) is 2.47. The summed E-state index contributed by atoms with van der Waals surface area (Å²) in [5.74, 6) is 0.0592. The molecule has 0 aromatic carbocycles. The number of ether oxygens (including phenoxy) is 2. The van der Waals surface area contributed by atoms with Crippen LogP contribution in [0.1, 0.15) is 47.0 Å². The number of rotatable bonds is 8. The fourth-order valence-corrected chi connectivity index (χ4v) is 2.25. The summed E-state index contributed by atoms with van der Waals surface area (Å²) in [4.78, 5) is 13.9. The van der Waals surface area contributed by atoms with Crippen LogP contribution in [0.4, 0.5) is 0 Å². The quantitative estimate of drug-likeness (QED) is 0.681. The van der Waals surface area contributed by atoms with Crippen molar-refractivity contribution in [3.63, 3.8) is 0 Å². The molecule has 0 saturated carbocycles. The Balaban J connectivity index is 2.38. The molecule has 112 valence electrons. The zero-order valence-corrected chi connectivity index (χ0v) is 13.1. The molecular weight excluding hydrogens is 242 g/mol. The first-order valence-electron chi connectivity index (χ1n) is 7.30. The van der Waals surface area contributed by atoms with Crippen LogP contribution in [0.3, 0.4) is 0 Å². The monoisotopic (exact) mass is 271 g/mol. The largest absolute Gasteiger partial charge is 0.375 e. The summed E-state index contributed by atoms with van der Waals surface area (Å²) in [6, 6.07) is 0. The van der Waals surface area contributed by atoms with E-state index >= 15 is 0 Å². The van der Waals surface area contributed by atoms with E-state index in [0.717, 1.165) is 25.8 Å². The molecule has 0 unspecified atom stereocenters. The number of likely N-dealkylation sites (N-methyl/N-ethyl adjacent to an activating group) is 1. The van der Waals surface area contributed by atoms with Crippen molar-refractivity contribution in [1.29, 1.82) is 0 Å². The van der Waals surface area contributed by atoms with Gasteiger partial charge in [-0.3, -0.25) is 4.79 Å². The molecule has 1 saturated heterocycles. The third-order valence-electron chi connectivity index (χ3n) is 3.99. The minimum absolute atomic E-state index is 0.0592. The van der Waals surface area contributed by atoms with E-state index in [2.05, 4.69) is 27.7 Å². The van der Waals surface area contributed by atoms with Crippen LogP contribution >= 0.6 is 0 Å². The second-order valence-corrected chi connectivity index (χ2v) is 6.48. The van der Waals surface area contributed by atoms with Crippen LogP contribution in [0.5, 0.6) is 0 Å². The van der Waals surface area contributed by atoms with Crippen molar-refractivity contribution in [2.24, 2.45) is 5.41 Å². The summed E-state index contributed by atoms with van der Waals surface area (Å²) in [5.41, 5.74) is -0.0450. The molecule has 1 aliphatic heterocycles. The Morgan fingerprint density at radius 3 is 2.42 bits per heavy atom. The zero-order chi connectivity index (χ0) is 14.5. The van der Waals surface area contributed by atoms with Gasteiger partial charge in [-0.25, -0.2) is 0 Å². The molecule has 1 fully saturated rings. The first kappa shape index (κ1) is 16.4. The first-order chi connectivity index (χ1) is 8.84. The molecule has 0 spiro atoms. The molecule has 1 heterocycles. The molecular formula is C15H29NO3. The SMILES string of the molecule is CCCC1(OCC(=O)N(C)CC(C)(C)CC)COC1. The minimum atomic E-state index is -0.203. The molecule has 4 heteroatoms. The number of hydrogen-bond donors (Lipinski definition) is 0. The molecule has 0 aromatic heterocycles. The Morgan fingerprint density at radius 1 is 1.37 bits per heavy atom. The smallest absolute Gasteiger partial charge is 0.248 e. The van der Waals surface area contributed by atoms with E-state index in [1.54, 1.807) is 4.90 Å². The highest BCUT2D eigenvalue weighted by molar-refractivity contribution is 5.77. The van der Waals surface area contributed by atoms with Crippen LogP contribution in [0.2, 0.25) is 0 Å². The van der Waals surface area contributed by atoms with Crippen molar-refractivity contribution in [3.8, 4) is 0 Å². The summed E-state index contributed by atoms with van der Waals surface area (Å²) >= 11 is 0. The van der Waals surface area contributed by atoms with Gasteiger partial charge in [0.05, 0.1) is 13.2 Å². The summed E-state index contributed by atoms with van der Waals surface area (Å²) in [7, 11) is 1.85. The highest BCUT2D eigenvalue weighted by Crippen LogP contribution is 2.27. The highest BCUT2D eigenvalue weighted by atomic mass is 16.6. The van der Waals surface area contributed by atoms with E-state index in [-0.39, 0.29) is 23.5 Å². The lowest BCUT2D eigenvalue weighted by atomic mass is 9.90. The lowest BCUT2D eigenvalue weighted by Crippen LogP contribution is -2.53. The van der Waals surface area contributed by atoms with Crippen molar-refractivity contribution < 1.29 is 14.3 Å². The average Bonchev–Trinajstić information content (AvgIpc) is 2.31. The second kappa shape index (κ2) is 6.71. The van der Waals surface area contributed by atoms with Crippen LogP contribution < -0.4 is 0 Å². The van der Waals surface area contributed by atoms with Crippen LogP contribution in [-0.2, 0) is 14.3 Å². The number of hydrogen-bond acceptors (Lipinski definition) is 3. The topological polar surface area (TPSA) is 38.8 Å². The molecule has 0 atom stereocenters. The number of carbonyl (C=O) groups is 1. The van der Waals surface area contributed by atoms with Crippen molar-refractivity contribution in [3.05, 3.63) is 0 Å². The fourth-order valence-electron chi connectivity index (χ4n) is 2.25.